The van der Waals surface area contributed by atoms with Crippen molar-refractivity contribution in [3.63, 3.8) is 0 Å². The Balaban J connectivity index is 1.92. The zero-order valence-electron chi connectivity index (χ0n) is 12.9. The lowest BCUT2D eigenvalue weighted by Gasteiger charge is -2.30. The Bertz CT molecular complexity index is 650. The second kappa shape index (κ2) is 6.88. The molecule has 1 unspecified atom stereocenters. The molecule has 1 aromatic carbocycles. The standard InChI is InChI=1S/C18H22N2O2/c1-22-18(21)11-16(13-6-8-19-9-7-13)15-10-14-4-2-3-5-17(14)20-12-15/h2-5,10,12-13,16,19H,6-9,11H2,1H3. The summed E-state index contributed by atoms with van der Waals surface area (Å²) in [6.07, 6.45) is 4.54. The van der Waals surface area contributed by atoms with Crippen molar-refractivity contribution in [2.24, 2.45) is 5.92 Å². The van der Waals surface area contributed by atoms with Crippen LogP contribution in [-0.2, 0) is 9.53 Å². The van der Waals surface area contributed by atoms with Crippen molar-refractivity contribution < 1.29 is 9.53 Å². The molecular formula is C18H22N2O2. The highest BCUT2D eigenvalue weighted by atomic mass is 16.5. The fourth-order valence-electron chi connectivity index (χ4n) is 3.36. The summed E-state index contributed by atoms with van der Waals surface area (Å²) in [5.74, 6) is 0.548. The van der Waals surface area contributed by atoms with Gasteiger partial charge in [0.1, 0.15) is 0 Å². The summed E-state index contributed by atoms with van der Waals surface area (Å²) in [6.45, 7) is 2.03. The smallest absolute Gasteiger partial charge is 0.306 e. The third kappa shape index (κ3) is 3.28. The summed E-state index contributed by atoms with van der Waals surface area (Å²) in [5, 5.41) is 4.51. The number of hydrogen-bond acceptors (Lipinski definition) is 4. The Labute approximate surface area is 130 Å². The van der Waals surface area contributed by atoms with Crippen LogP contribution in [0.2, 0.25) is 0 Å². The van der Waals surface area contributed by atoms with Gasteiger partial charge < -0.3 is 10.1 Å². The van der Waals surface area contributed by atoms with Gasteiger partial charge in [0.05, 0.1) is 19.0 Å². The highest BCUT2D eigenvalue weighted by molar-refractivity contribution is 5.79. The van der Waals surface area contributed by atoms with Gasteiger partial charge in [-0.3, -0.25) is 9.78 Å². The monoisotopic (exact) mass is 298 g/mol. The van der Waals surface area contributed by atoms with Gasteiger partial charge in [-0.2, -0.15) is 0 Å². The number of para-hydroxylation sites is 1. The maximum absolute atomic E-state index is 11.8. The molecule has 0 radical (unpaired) electrons. The molecule has 116 valence electrons. The minimum atomic E-state index is -0.142. The summed E-state index contributed by atoms with van der Waals surface area (Å²) >= 11 is 0. The van der Waals surface area contributed by atoms with Crippen molar-refractivity contribution >= 4 is 16.9 Å². The molecule has 1 atom stereocenters. The number of carbonyl (C=O) groups is 1. The van der Waals surface area contributed by atoms with Crippen molar-refractivity contribution in [2.45, 2.75) is 25.2 Å². The van der Waals surface area contributed by atoms with Crippen LogP contribution < -0.4 is 5.32 Å². The van der Waals surface area contributed by atoms with Crippen LogP contribution in [0.1, 0.15) is 30.7 Å². The van der Waals surface area contributed by atoms with Crippen molar-refractivity contribution in [1.29, 1.82) is 0 Å². The third-order valence-corrected chi connectivity index (χ3v) is 4.61. The zero-order chi connectivity index (χ0) is 15.4. The number of ether oxygens (including phenoxy) is 1. The molecule has 1 aliphatic heterocycles. The number of hydrogen-bond donors (Lipinski definition) is 1. The molecule has 0 bridgehead atoms. The normalized spacial score (nSPS) is 17.3. The van der Waals surface area contributed by atoms with Crippen LogP contribution in [0.3, 0.4) is 0 Å². The maximum Gasteiger partial charge on any atom is 0.306 e. The van der Waals surface area contributed by atoms with Gasteiger partial charge in [-0.05, 0) is 55.5 Å². The van der Waals surface area contributed by atoms with E-state index in [2.05, 4.69) is 22.4 Å². The van der Waals surface area contributed by atoms with Gasteiger partial charge in [0.25, 0.3) is 0 Å². The second-order valence-electron chi connectivity index (χ2n) is 5.94. The van der Waals surface area contributed by atoms with E-state index in [1.807, 2.05) is 24.4 Å². The first-order valence-electron chi connectivity index (χ1n) is 7.90. The van der Waals surface area contributed by atoms with E-state index in [0.717, 1.165) is 42.4 Å². The van der Waals surface area contributed by atoms with Crippen LogP contribution in [0.15, 0.2) is 36.5 Å². The van der Waals surface area contributed by atoms with Gasteiger partial charge in [-0.1, -0.05) is 18.2 Å². The quantitative estimate of drug-likeness (QED) is 0.882. The molecule has 1 saturated heterocycles. The average molecular weight is 298 g/mol. The number of nitrogens with zero attached hydrogens (tertiary/aromatic N) is 1. The summed E-state index contributed by atoms with van der Waals surface area (Å²) in [5.41, 5.74) is 2.14. The number of nitrogens with one attached hydrogen (secondary N) is 1. The number of carbonyl (C=O) groups excluding carboxylic acids is 1. The number of rotatable bonds is 4. The Hall–Kier alpha value is -1.94. The second-order valence-corrected chi connectivity index (χ2v) is 5.94. The summed E-state index contributed by atoms with van der Waals surface area (Å²) in [6, 6.07) is 10.3. The number of esters is 1. The molecule has 3 rings (SSSR count). The number of methoxy groups -OCH3 is 1. The molecule has 0 saturated carbocycles. The average Bonchev–Trinajstić information content (AvgIpc) is 2.59. The summed E-state index contributed by atoms with van der Waals surface area (Å²) < 4.78 is 4.91. The van der Waals surface area contributed by atoms with E-state index in [1.54, 1.807) is 0 Å². The van der Waals surface area contributed by atoms with Crippen LogP contribution in [0.5, 0.6) is 0 Å². The van der Waals surface area contributed by atoms with Crippen LogP contribution in [0, 0.1) is 5.92 Å². The fraction of sp³-hybridized carbons (Fsp3) is 0.444. The van der Waals surface area contributed by atoms with E-state index in [9.17, 15) is 4.79 Å². The first-order valence-corrected chi connectivity index (χ1v) is 7.90. The predicted molar refractivity (Wildman–Crippen MR) is 86.7 cm³/mol. The Morgan fingerprint density at radius 1 is 1.36 bits per heavy atom. The minimum Gasteiger partial charge on any atom is -0.469 e. The lowest BCUT2D eigenvalue weighted by atomic mass is 9.79. The van der Waals surface area contributed by atoms with E-state index in [4.69, 9.17) is 4.74 Å². The lowest BCUT2D eigenvalue weighted by molar-refractivity contribution is -0.141. The molecule has 1 fully saturated rings. The van der Waals surface area contributed by atoms with Gasteiger partial charge in [-0.15, -0.1) is 0 Å². The Kier molecular flexibility index (Phi) is 4.68. The molecule has 4 nitrogen and oxygen atoms in total. The Morgan fingerprint density at radius 2 is 2.14 bits per heavy atom. The van der Waals surface area contributed by atoms with Gasteiger partial charge in [-0.25, -0.2) is 0 Å². The molecule has 0 amide bonds. The van der Waals surface area contributed by atoms with Crippen molar-refractivity contribution in [3.05, 3.63) is 42.1 Å². The zero-order valence-corrected chi connectivity index (χ0v) is 12.9. The van der Waals surface area contributed by atoms with Crippen LogP contribution in [-0.4, -0.2) is 31.2 Å². The van der Waals surface area contributed by atoms with Gasteiger partial charge >= 0.3 is 5.97 Å². The molecule has 1 N–H and O–H groups in total. The highest BCUT2D eigenvalue weighted by Gasteiger charge is 2.27. The van der Waals surface area contributed by atoms with Gasteiger partial charge in [0.15, 0.2) is 0 Å². The number of aromatic nitrogens is 1. The van der Waals surface area contributed by atoms with E-state index in [-0.39, 0.29) is 11.9 Å². The topological polar surface area (TPSA) is 51.2 Å². The van der Waals surface area contributed by atoms with Crippen molar-refractivity contribution in [1.82, 2.24) is 10.3 Å². The van der Waals surface area contributed by atoms with Crippen molar-refractivity contribution in [2.75, 3.05) is 20.2 Å². The fourth-order valence-corrected chi connectivity index (χ4v) is 3.36. The van der Waals surface area contributed by atoms with E-state index in [0.29, 0.717) is 12.3 Å². The first kappa shape index (κ1) is 15.0. The molecule has 2 heterocycles. The largest absolute Gasteiger partial charge is 0.469 e. The van der Waals surface area contributed by atoms with E-state index >= 15 is 0 Å². The van der Waals surface area contributed by atoms with Crippen LogP contribution in [0.4, 0.5) is 0 Å². The number of piperidine rings is 1. The van der Waals surface area contributed by atoms with E-state index in [1.165, 1.54) is 7.11 Å². The van der Waals surface area contributed by atoms with E-state index < -0.39 is 0 Å². The molecule has 4 heteroatoms. The molecule has 2 aromatic rings. The third-order valence-electron chi connectivity index (χ3n) is 4.61. The van der Waals surface area contributed by atoms with Crippen molar-refractivity contribution in [3.8, 4) is 0 Å². The molecule has 1 aromatic heterocycles. The predicted octanol–water partition coefficient (Wildman–Crippen LogP) is 2.88. The molecular weight excluding hydrogens is 276 g/mol. The summed E-state index contributed by atoms with van der Waals surface area (Å²) in [7, 11) is 1.46. The molecule has 1 aliphatic rings. The molecule has 22 heavy (non-hydrogen) atoms. The van der Waals surface area contributed by atoms with Crippen LogP contribution >= 0.6 is 0 Å². The Morgan fingerprint density at radius 3 is 2.91 bits per heavy atom. The molecule has 0 spiro atoms. The minimum absolute atomic E-state index is 0.142. The molecule has 0 aliphatic carbocycles. The SMILES string of the molecule is COC(=O)CC(c1cnc2ccccc2c1)C1CCNCC1. The number of fused-ring (bicyclic) bond motifs is 1. The highest BCUT2D eigenvalue weighted by Crippen LogP contribution is 2.34. The number of benzene rings is 1. The maximum atomic E-state index is 11.8. The van der Waals surface area contributed by atoms with Gasteiger partial charge in [0, 0.05) is 11.6 Å². The number of pyridine rings is 1. The van der Waals surface area contributed by atoms with Gasteiger partial charge in [0.2, 0.25) is 0 Å². The summed E-state index contributed by atoms with van der Waals surface area (Å²) in [4.78, 5) is 16.4. The van der Waals surface area contributed by atoms with Crippen LogP contribution in [0.25, 0.3) is 10.9 Å². The first-order chi connectivity index (χ1) is 10.8. The lowest BCUT2D eigenvalue weighted by Crippen LogP contribution is -2.31.